The highest BCUT2D eigenvalue weighted by molar-refractivity contribution is 5.36. The number of rotatable bonds is 2. The summed E-state index contributed by atoms with van der Waals surface area (Å²) in [6, 6.07) is 6.86. The molecular formula is C17H29N. The summed E-state index contributed by atoms with van der Waals surface area (Å²) in [7, 11) is 0. The summed E-state index contributed by atoms with van der Waals surface area (Å²) in [6.07, 6.45) is 1.02. The number of hydrogen-bond donors (Lipinski definition) is 1. The van der Waals surface area contributed by atoms with Crippen LogP contribution < -0.4 is 5.73 Å². The van der Waals surface area contributed by atoms with Crippen LogP contribution in [-0.2, 0) is 5.41 Å². The average Bonchev–Trinajstić information content (AvgIpc) is 2.13. The van der Waals surface area contributed by atoms with Crippen LogP contribution in [-0.4, -0.2) is 0 Å². The molecule has 1 aromatic rings. The third kappa shape index (κ3) is 4.13. The van der Waals surface area contributed by atoms with Gasteiger partial charge in [-0.25, -0.2) is 0 Å². The van der Waals surface area contributed by atoms with Crippen LogP contribution >= 0.6 is 0 Å². The minimum atomic E-state index is 0.132. The predicted molar refractivity (Wildman–Crippen MR) is 80.9 cm³/mol. The van der Waals surface area contributed by atoms with Gasteiger partial charge >= 0.3 is 0 Å². The van der Waals surface area contributed by atoms with Gasteiger partial charge in [0.1, 0.15) is 0 Å². The average molecular weight is 247 g/mol. The summed E-state index contributed by atoms with van der Waals surface area (Å²) >= 11 is 0. The molecule has 0 aliphatic carbocycles. The van der Waals surface area contributed by atoms with Crippen molar-refractivity contribution in [3.63, 3.8) is 0 Å². The first-order chi connectivity index (χ1) is 8.00. The third-order valence-corrected chi connectivity index (χ3v) is 3.38. The highest BCUT2D eigenvalue weighted by atomic mass is 14.6. The van der Waals surface area contributed by atoms with Gasteiger partial charge < -0.3 is 5.73 Å². The van der Waals surface area contributed by atoms with E-state index in [-0.39, 0.29) is 16.9 Å². The number of nitrogens with two attached hydrogens (primary N) is 1. The van der Waals surface area contributed by atoms with Crippen LogP contribution in [0, 0.1) is 12.3 Å². The molecule has 1 atom stereocenters. The van der Waals surface area contributed by atoms with E-state index in [0.717, 1.165) is 6.42 Å². The van der Waals surface area contributed by atoms with Crippen molar-refractivity contribution >= 4 is 0 Å². The Kier molecular flexibility index (Phi) is 4.27. The largest absolute Gasteiger partial charge is 0.324 e. The summed E-state index contributed by atoms with van der Waals surface area (Å²) in [6.45, 7) is 15.6. The second-order valence-corrected chi connectivity index (χ2v) is 7.69. The second kappa shape index (κ2) is 5.05. The summed E-state index contributed by atoms with van der Waals surface area (Å²) in [4.78, 5) is 0. The molecule has 0 saturated carbocycles. The van der Waals surface area contributed by atoms with Crippen molar-refractivity contribution in [2.75, 3.05) is 0 Å². The molecule has 0 radical (unpaired) electrons. The minimum absolute atomic E-state index is 0.132. The SMILES string of the molecule is Cc1ccc(C(C)(C)C)cc1C(N)CC(C)(C)C. The maximum atomic E-state index is 6.39. The normalized spacial score (nSPS) is 14.7. The molecule has 0 saturated heterocycles. The van der Waals surface area contributed by atoms with Gasteiger partial charge in [-0.05, 0) is 40.9 Å². The zero-order valence-corrected chi connectivity index (χ0v) is 13.1. The van der Waals surface area contributed by atoms with Crippen LogP contribution in [0.15, 0.2) is 18.2 Å². The molecule has 0 aliphatic rings. The molecule has 0 bridgehead atoms. The second-order valence-electron chi connectivity index (χ2n) is 7.69. The molecule has 2 N–H and O–H groups in total. The summed E-state index contributed by atoms with van der Waals surface area (Å²) < 4.78 is 0. The van der Waals surface area contributed by atoms with Crippen molar-refractivity contribution in [1.29, 1.82) is 0 Å². The van der Waals surface area contributed by atoms with E-state index >= 15 is 0 Å². The van der Waals surface area contributed by atoms with Gasteiger partial charge in [0.05, 0.1) is 0 Å². The molecule has 0 aromatic heterocycles. The fraction of sp³-hybridized carbons (Fsp3) is 0.647. The smallest absolute Gasteiger partial charge is 0.0302 e. The lowest BCUT2D eigenvalue weighted by Gasteiger charge is -2.27. The third-order valence-electron chi connectivity index (χ3n) is 3.38. The summed E-state index contributed by atoms with van der Waals surface area (Å²) in [5.74, 6) is 0. The Bertz CT molecular complexity index is 405. The van der Waals surface area contributed by atoms with Crippen molar-refractivity contribution in [3.8, 4) is 0 Å². The van der Waals surface area contributed by atoms with Gasteiger partial charge in [-0.2, -0.15) is 0 Å². The van der Waals surface area contributed by atoms with E-state index in [2.05, 4.69) is 66.7 Å². The lowest BCUT2D eigenvalue weighted by Crippen LogP contribution is -2.21. The quantitative estimate of drug-likeness (QED) is 0.803. The first kappa shape index (κ1) is 15.2. The zero-order chi connectivity index (χ0) is 14.1. The number of aryl methyl sites for hydroxylation is 1. The van der Waals surface area contributed by atoms with E-state index in [1.54, 1.807) is 0 Å². The van der Waals surface area contributed by atoms with Crippen LogP contribution in [0.1, 0.15) is 70.7 Å². The molecule has 102 valence electrons. The molecule has 18 heavy (non-hydrogen) atoms. The Morgan fingerprint density at radius 3 is 2.06 bits per heavy atom. The fourth-order valence-electron chi connectivity index (χ4n) is 2.28. The van der Waals surface area contributed by atoms with Crippen LogP contribution in [0.2, 0.25) is 0 Å². The van der Waals surface area contributed by atoms with Gasteiger partial charge in [0.2, 0.25) is 0 Å². The zero-order valence-electron chi connectivity index (χ0n) is 13.1. The summed E-state index contributed by atoms with van der Waals surface area (Å²) in [5.41, 5.74) is 10.8. The molecule has 0 aliphatic heterocycles. The first-order valence-electron chi connectivity index (χ1n) is 6.87. The molecular weight excluding hydrogens is 218 g/mol. The van der Waals surface area contributed by atoms with Gasteiger partial charge in [-0.1, -0.05) is 59.7 Å². The van der Waals surface area contributed by atoms with Crippen molar-refractivity contribution in [3.05, 3.63) is 34.9 Å². The lowest BCUT2D eigenvalue weighted by atomic mass is 9.81. The Labute approximate surface area is 113 Å². The van der Waals surface area contributed by atoms with Crippen LogP contribution in [0.5, 0.6) is 0 Å². The standard InChI is InChI=1S/C17H29N/c1-12-8-9-13(17(5,6)7)10-14(12)15(18)11-16(2,3)4/h8-10,15H,11,18H2,1-7H3. The van der Waals surface area contributed by atoms with Gasteiger partial charge in [0, 0.05) is 6.04 Å². The maximum absolute atomic E-state index is 6.39. The van der Waals surface area contributed by atoms with E-state index in [0.29, 0.717) is 0 Å². The van der Waals surface area contributed by atoms with Crippen LogP contribution in [0.25, 0.3) is 0 Å². The van der Waals surface area contributed by atoms with Crippen molar-refractivity contribution < 1.29 is 0 Å². The molecule has 0 fully saturated rings. The highest BCUT2D eigenvalue weighted by Crippen LogP contribution is 2.32. The van der Waals surface area contributed by atoms with E-state index in [1.807, 2.05) is 0 Å². The fourth-order valence-corrected chi connectivity index (χ4v) is 2.28. The predicted octanol–water partition coefficient (Wildman–Crippen LogP) is 4.73. The molecule has 1 heteroatoms. The van der Waals surface area contributed by atoms with E-state index < -0.39 is 0 Å². The van der Waals surface area contributed by atoms with Crippen LogP contribution in [0.4, 0.5) is 0 Å². The van der Waals surface area contributed by atoms with E-state index in [9.17, 15) is 0 Å². The molecule has 0 heterocycles. The van der Waals surface area contributed by atoms with Gasteiger partial charge in [-0.15, -0.1) is 0 Å². The lowest BCUT2D eigenvalue weighted by molar-refractivity contribution is 0.342. The molecule has 1 aromatic carbocycles. The number of benzene rings is 1. The number of hydrogen-bond acceptors (Lipinski definition) is 1. The van der Waals surface area contributed by atoms with Gasteiger partial charge in [-0.3, -0.25) is 0 Å². The minimum Gasteiger partial charge on any atom is -0.324 e. The highest BCUT2D eigenvalue weighted by Gasteiger charge is 2.20. The Morgan fingerprint density at radius 2 is 1.61 bits per heavy atom. The van der Waals surface area contributed by atoms with Crippen molar-refractivity contribution in [2.24, 2.45) is 11.1 Å². The molecule has 1 rings (SSSR count). The van der Waals surface area contributed by atoms with Crippen molar-refractivity contribution in [2.45, 2.75) is 66.3 Å². The molecule has 0 amide bonds. The Morgan fingerprint density at radius 1 is 1.06 bits per heavy atom. The maximum Gasteiger partial charge on any atom is 0.0302 e. The van der Waals surface area contributed by atoms with E-state index in [4.69, 9.17) is 5.73 Å². The molecule has 1 unspecified atom stereocenters. The van der Waals surface area contributed by atoms with E-state index in [1.165, 1.54) is 16.7 Å². The summed E-state index contributed by atoms with van der Waals surface area (Å²) in [5, 5.41) is 0. The monoisotopic (exact) mass is 247 g/mol. The molecule has 1 nitrogen and oxygen atoms in total. The van der Waals surface area contributed by atoms with Crippen LogP contribution in [0.3, 0.4) is 0 Å². The van der Waals surface area contributed by atoms with Crippen molar-refractivity contribution in [1.82, 2.24) is 0 Å². The van der Waals surface area contributed by atoms with Gasteiger partial charge in [0.15, 0.2) is 0 Å². The topological polar surface area (TPSA) is 26.0 Å². The van der Waals surface area contributed by atoms with Gasteiger partial charge in [0.25, 0.3) is 0 Å². The Hall–Kier alpha value is -0.820. The molecule has 0 spiro atoms. The Balaban J connectivity index is 3.08. The first-order valence-corrected chi connectivity index (χ1v) is 6.87.